The number of hydrogen-bond acceptors (Lipinski definition) is 5. The molecule has 0 fully saturated rings. The maximum atomic E-state index is 13.4. The maximum Gasteiger partial charge on any atom is 0.328 e. The maximum absolute atomic E-state index is 13.4. The molecular formula is C35H47NO4S. The number of aryl methyl sites for hydroxylation is 1. The number of carbonyl (C=O) groups is 2. The van der Waals surface area contributed by atoms with Gasteiger partial charge in [0.2, 0.25) is 0 Å². The summed E-state index contributed by atoms with van der Waals surface area (Å²) in [5.41, 5.74) is 7.33. The summed E-state index contributed by atoms with van der Waals surface area (Å²) in [6.45, 7) is 11.1. The first-order valence-electron chi connectivity index (χ1n) is 14.3. The average Bonchev–Trinajstić information content (AvgIpc) is 2.94. The highest BCUT2D eigenvalue weighted by molar-refractivity contribution is 7.98. The van der Waals surface area contributed by atoms with Crippen molar-refractivity contribution in [2.75, 3.05) is 25.7 Å². The van der Waals surface area contributed by atoms with Gasteiger partial charge in [0.1, 0.15) is 18.4 Å². The number of benzene rings is 2. The van der Waals surface area contributed by atoms with Crippen LogP contribution in [0.4, 0.5) is 0 Å². The Morgan fingerprint density at radius 2 is 1.61 bits per heavy atom. The lowest BCUT2D eigenvalue weighted by molar-refractivity contribution is -0.142. The molecule has 0 saturated heterocycles. The zero-order valence-electron chi connectivity index (χ0n) is 25.8. The van der Waals surface area contributed by atoms with Crippen LogP contribution in [0, 0.1) is 6.92 Å². The van der Waals surface area contributed by atoms with Crippen LogP contribution >= 0.6 is 11.8 Å². The van der Waals surface area contributed by atoms with Gasteiger partial charge in [-0.2, -0.15) is 11.8 Å². The van der Waals surface area contributed by atoms with E-state index in [0.717, 1.165) is 48.1 Å². The first-order valence-corrected chi connectivity index (χ1v) is 15.7. The zero-order valence-corrected chi connectivity index (χ0v) is 26.7. The van der Waals surface area contributed by atoms with Crippen molar-refractivity contribution in [2.24, 2.45) is 0 Å². The summed E-state index contributed by atoms with van der Waals surface area (Å²) in [5, 5.41) is 2.88. The van der Waals surface area contributed by atoms with E-state index in [-0.39, 0.29) is 5.91 Å². The number of ether oxygens (including phenoxy) is 2. The van der Waals surface area contributed by atoms with Crippen molar-refractivity contribution in [2.45, 2.75) is 72.8 Å². The molecule has 0 aliphatic heterocycles. The zero-order chi connectivity index (χ0) is 30.2. The van der Waals surface area contributed by atoms with Crippen LogP contribution in [0.5, 0.6) is 5.75 Å². The quantitative estimate of drug-likeness (QED) is 0.160. The number of allylic oxidation sites excluding steroid dienone is 5. The van der Waals surface area contributed by atoms with Crippen LogP contribution in [0.1, 0.15) is 75.7 Å². The van der Waals surface area contributed by atoms with Gasteiger partial charge in [-0.05, 0) is 120 Å². The summed E-state index contributed by atoms with van der Waals surface area (Å²) < 4.78 is 11.0. The summed E-state index contributed by atoms with van der Waals surface area (Å²) in [7, 11) is 1.34. The minimum absolute atomic E-state index is 0.314. The molecule has 222 valence electrons. The van der Waals surface area contributed by atoms with E-state index in [1.807, 2.05) is 49.6 Å². The largest absolute Gasteiger partial charge is 0.490 e. The van der Waals surface area contributed by atoms with Crippen molar-refractivity contribution in [1.82, 2.24) is 5.32 Å². The van der Waals surface area contributed by atoms with Crippen molar-refractivity contribution in [3.8, 4) is 16.9 Å². The number of nitrogens with one attached hydrogen (secondary N) is 1. The molecule has 0 saturated carbocycles. The van der Waals surface area contributed by atoms with E-state index in [0.29, 0.717) is 24.3 Å². The van der Waals surface area contributed by atoms with Crippen LogP contribution < -0.4 is 10.1 Å². The van der Waals surface area contributed by atoms with Gasteiger partial charge in [-0.15, -0.1) is 0 Å². The van der Waals surface area contributed by atoms with Crippen LogP contribution in [0.25, 0.3) is 11.1 Å². The number of amides is 1. The van der Waals surface area contributed by atoms with Crippen LogP contribution in [-0.2, 0) is 9.53 Å². The molecule has 41 heavy (non-hydrogen) atoms. The Bertz CT molecular complexity index is 1240. The Balaban J connectivity index is 2.15. The molecule has 0 spiro atoms. The molecule has 0 heterocycles. The van der Waals surface area contributed by atoms with Crippen LogP contribution in [0.15, 0.2) is 77.4 Å². The predicted molar refractivity (Wildman–Crippen MR) is 174 cm³/mol. The van der Waals surface area contributed by atoms with Gasteiger partial charge in [0.15, 0.2) is 0 Å². The number of carbonyl (C=O) groups excluding carboxylic acids is 2. The lowest BCUT2D eigenvalue weighted by Crippen LogP contribution is -2.42. The summed E-state index contributed by atoms with van der Waals surface area (Å²) in [6, 6.07) is 12.7. The molecule has 2 aromatic rings. The number of methoxy groups -OCH3 is 1. The van der Waals surface area contributed by atoms with E-state index in [1.165, 1.54) is 23.8 Å². The summed E-state index contributed by atoms with van der Waals surface area (Å²) in [6.07, 6.45) is 13.4. The first kappa shape index (κ1) is 34.0. The van der Waals surface area contributed by atoms with E-state index in [4.69, 9.17) is 9.47 Å². The molecule has 6 heteroatoms. The minimum Gasteiger partial charge on any atom is -0.490 e. The molecule has 0 aliphatic carbocycles. The molecule has 0 aliphatic rings. The lowest BCUT2D eigenvalue weighted by atomic mass is 9.95. The summed E-state index contributed by atoms with van der Waals surface area (Å²) >= 11 is 1.62. The van der Waals surface area contributed by atoms with Crippen LogP contribution in [-0.4, -0.2) is 43.6 Å². The van der Waals surface area contributed by atoms with Gasteiger partial charge in [0, 0.05) is 5.56 Å². The first-order chi connectivity index (χ1) is 19.7. The van der Waals surface area contributed by atoms with Crippen LogP contribution in [0.3, 0.4) is 0 Å². The fraction of sp³-hybridized carbons (Fsp3) is 0.429. The standard InChI is InChI=1S/C35H47NO4S/c1-25(2)12-10-13-26(3)14-11-15-27(4)20-22-40-29-18-19-31(32(24-29)30-17-9-8-16-28(30)5)34(37)36-33(21-23-41-7)35(38)39-6/h8-9,12,14,16-20,24,33H,10-11,13,15,21-23H2,1-7H3,(H,36,37)/b26-14+,27-20+. The number of rotatable bonds is 16. The Morgan fingerprint density at radius 1 is 0.927 bits per heavy atom. The fourth-order valence-corrected chi connectivity index (χ4v) is 4.86. The van der Waals surface area contributed by atoms with Crippen molar-refractivity contribution in [3.05, 3.63) is 88.5 Å². The normalized spacial score (nSPS) is 12.5. The Hall–Kier alpha value is -3.25. The minimum atomic E-state index is -0.704. The van der Waals surface area contributed by atoms with Gasteiger partial charge in [-0.25, -0.2) is 4.79 Å². The lowest BCUT2D eigenvalue weighted by Gasteiger charge is -2.18. The van der Waals surface area contributed by atoms with Crippen molar-refractivity contribution < 1.29 is 19.1 Å². The second-order valence-corrected chi connectivity index (χ2v) is 11.6. The van der Waals surface area contributed by atoms with Crippen molar-refractivity contribution in [1.29, 1.82) is 0 Å². The molecule has 0 radical (unpaired) electrons. The molecule has 0 bridgehead atoms. The monoisotopic (exact) mass is 577 g/mol. The van der Waals surface area contributed by atoms with Gasteiger partial charge in [-0.1, -0.05) is 53.1 Å². The number of thioether (sulfide) groups is 1. The Kier molecular flexibility index (Phi) is 15.1. The molecule has 1 N–H and O–H groups in total. The van der Waals surface area contributed by atoms with E-state index >= 15 is 0 Å². The predicted octanol–water partition coefficient (Wildman–Crippen LogP) is 8.48. The van der Waals surface area contributed by atoms with Gasteiger partial charge < -0.3 is 14.8 Å². The Morgan fingerprint density at radius 3 is 2.27 bits per heavy atom. The van der Waals surface area contributed by atoms with E-state index in [1.54, 1.807) is 17.8 Å². The Labute approximate surface area is 251 Å². The molecule has 1 amide bonds. The molecule has 2 aromatic carbocycles. The van der Waals surface area contributed by atoms with Gasteiger partial charge >= 0.3 is 5.97 Å². The van der Waals surface area contributed by atoms with E-state index < -0.39 is 12.0 Å². The second kappa shape index (κ2) is 18.2. The molecule has 1 unspecified atom stereocenters. The van der Waals surface area contributed by atoms with Crippen LogP contribution in [0.2, 0.25) is 0 Å². The molecular weight excluding hydrogens is 530 g/mol. The van der Waals surface area contributed by atoms with Gasteiger partial charge in [0.05, 0.1) is 7.11 Å². The topological polar surface area (TPSA) is 64.6 Å². The smallest absolute Gasteiger partial charge is 0.328 e. The third-order valence-electron chi connectivity index (χ3n) is 6.88. The number of hydrogen-bond donors (Lipinski definition) is 1. The molecule has 2 rings (SSSR count). The van der Waals surface area contributed by atoms with E-state index in [2.05, 4.69) is 51.2 Å². The SMILES string of the molecule is COC(=O)C(CCSC)NC(=O)c1ccc(OC/C=C(\C)CC/C=C(\C)CCC=C(C)C)cc1-c1ccccc1C. The summed E-state index contributed by atoms with van der Waals surface area (Å²) in [5.74, 6) is 0.662. The number of esters is 1. The molecule has 5 nitrogen and oxygen atoms in total. The van der Waals surface area contributed by atoms with Crippen molar-refractivity contribution in [3.63, 3.8) is 0 Å². The highest BCUT2D eigenvalue weighted by Gasteiger charge is 2.24. The third-order valence-corrected chi connectivity index (χ3v) is 7.52. The molecule has 0 aromatic heterocycles. The second-order valence-electron chi connectivity index (χ2n) is 10.6. The van der Waals surface area contributed by atoms with Gasteiger partial charge in [0.25, 0.3) is 5.91 Å². The highest BCUT2D eigenvalue weighted by atomic mass is 32.2. The molecule has 1 atom stereocenters. The average molecular weight is 578 g/mol. The fourth-order valence-electron chi connectivity index (χ4n) is 4.39. The highest BCUT2D eigenvalue weighted by Crippen LogP contribution is 2.31. The summed E-state index contributed by atoms with van der Waals surface area (Å²) in [4.78, 5) is 25.7. The third kappa shape index (κ3) is 12.0. The van der Waals surface area contributed by atoms with Gasteiger partial charge in [-0.3, -0.25) is 4.79 Å². The van der Waals surface area contributed by atoms with Crippen molar-refractivity contribution >= 4 is 23.6 Å². The van der Waals surface area contributed by atoms with E-state index in [9.17, 15) is 9.59 Å².